The number of anilines is 2. The number of nitrogens with zero attached hydrogens (tertiary/aromatic N) is 1. The van der Waals surface area contributed by atoms with Crippen LogP contribution in [0.15, 0.2) is 77.9 Å². The van der Waals surface area contributed by atoms with Crippen LogP contribution in [0.25, 0.3) is 0 Å². The van der Waals surface area contributed by atoms with Gasteiger partial charge in [-0.05, 0) is 66.1 Å². The summed E-state index contributed by atoms with van der Waals surface area (Å²) in [4.78, 5) is 36.1. The van der Waals surface area contributed by atoms with Gasteiger partial charge in [-0.25, -0.2) is 5.43 Å². The van der Waals surface area contributed by atoms with E-state index in [-0.39, 0.29) is 12.5 Å². The zero-order valence-electron chi connectivity index (χ0n) is 19.4. The van der Waals surface area contributed by atoms with E-state index < -0.39 is 11.8 Å². The van der Waals surface area contributed by atoms with Crippen molar-refractivity contribution in [2.45, 2.75) is 13.3 Å². The van der Waals surface area contributed by atoms with Gasteiger partial charge in [-0.15, -0.1) is 0 Å². The molecule has 9 heteroatoms. The van der Waals surface area contributed by atoms with E-state index in [0.29, 0.717) is 28.4 Å². The van der Waals surface area contributed by atoms with Gasteiger partial charge in [0.2, 0.25) is 0 Å². The van der Waals surface area contributed by atoms with Gasteiger partial charge in [0.1, 0.15) is 11.5 Å². The monoisotopic (exact) mass is 474 g/mol. The van der Waals surface area contributed by atoms with Gasteiger partial charge in [-0.1, -0.05) is 31.2 Å². The minimum Gasteiger partial charge on any atom is -0.497 e. The third-order valence-electron chi connectivity index (χ3n) is 4.81. The lowest BCUT2D eigenvalue weighted by Gasteiger charge is -2.08. The van der Waals surface area contributed by atoms with Gasteiger partial charge in [-0.2, -0.15) is 5.10 Å². The van der Waals surface area contributed by atoms with Crippen molar-refractivity contribution in [2.24, 2.45) is 5.10 Å². The highest BCUT2D eigenvalue weighted by molar-refractivity contribution is 6.39. The van der Waals surface area contributed by atoms with Crippen LogP contribution in [-0.4, -0.2) is 37.7 Å². The molecule has 9 nitrogen and oxygen atoms in total. The van der Waals surface area contributed by atoms with Crippen molar-refractivity contribution in [2.75, 3.05) is 24.4 Å². The van der Waals surface area contributed by atoms with Crippen molar-refractivity contribution >= 4 is 35.3 Å². The fourth-order valence-electron chi connectivity index (χ4n) is 2.93. The minimum atomic E-state index is -0.923. The van der Waals surface area contributed by atoms with E-state index in [1.54, 1.807) is 48.5 Å². The van der Waals surface area contributed by atoms with Gasteiger partial charge in [-0.3, -0.25) is 14.4 Å². The molecule has 0 aliphatic carbocycles. The van der Waals surface area contributed by atoms with Gasteiger partial charge in [0.15, 0.2) is 6.61 Å². The maximum atomic E-state index is 12.1. The Hall–Kier alpha value is -4.66. The molecule has 0 saturated heterocycles. The summed E-state index contributed by atoms with van der Waals surface area (Å²) in [6.45, 7) is 1.90. The van der Waals surface area contributed by atoms with Crippen molar-refractivity contribution in [3.05, 3.63) is 83.9 Å². The van der Waals surface area contributed by atoms with Crippen LogP contribution >= 0.6 is 0 Å². The van der Waals surface area contributed by atoms with E-state index in [1.807, 2.05) is 24.3 Å². The molecule has 0 bridgehead atoms. The highest BCUT2D eigenvalue weighted by atomic mass is 16.5. The second-order valence-electron chi connectivity index (χ2n) is 7.34. The summed E-state index contributed by atoms with van der Waals surface area (Å²) in [5.41, 5.74) is 5.10. The van der Waals surface area contributed by atoms with Gasteiger partial charge < -0.3 is 20.1 Å². The van der Waals surface area contributed by atoms with E-state index in [4.69, 9.17) is 9.47 Å². The van der Waals surface area contributed by atoms with Gasteiger partial charge >= 0.3 is 11.8 Å². The molecule has 0 radical (unpaired) electrons. The molecule has 180 valence electrons. The predicted molar refractivity (Wildman–Crippen MR) is 134 cm³/mol. The van der Waals surface area contributed by atoms with Crippen LogP contribution in [-0.2, 0) is 20.8 Å². The number of rotatable bonds is 9. The summed E-state index contributed by atoms with van der Waals surface area (Å²) in [5, 5.41) is 9.04. The van der Waals surface area contributed by atoms with Crippen LogP contribution in [0.4, 0.5) is 11.4 Å². The van der Waals surface area contributed by atoms with Crippen LogP contribution in [0, 0.1) is 0 Å². The first-order chi connectivity index (χ1) is 17.0. The third-order valence-corrected chi connectivity index (χ3v) is 4.81. The summed E-state index contributed by atoms with van der Waals surface area (Å²) < 4.78 is 10.6. The quantitative estimate of drug-likeness (QED) is 0.250. The smallest absolute Gasteiger partial charge is 0.329 e. The minimum absolute atomic E-state index is 0.168. The second kappa shape index (κ2) is 12.5. The summed E-state index contributed by atoms with van der Waals surface area (Å²) in [6, 6.07) is 21.0. The van der Waals surface area contributed by atoms with Crippen LogP contribution in [0.5, 0.6) is 11.5 Å². The van der Waals surface area contributed by atoms with Crippen LogP contribution in [0.1, 0.15) is 18.1 Å². The maximum absolute atomic E-state index is 12.1. The van der Waals surface area contributed by atoms with E-state index >= 15 is 0 Å². The van der Waals surface area contributed by atoms with Crippen molar-refractivity contribution in [1.82, 2.24) is 5.43 Å². The Morgan fingerprint density at radius 1 is 0.857 bits per heavy atom. The van der Waals surface area contributed by atoms with Crippen LogP contribution in [0.3, 0.4) is 0 Å². The number of hydrogen-bond donors (Lipinski definition) is 3. The zero-order chi connectivity index (χ0) is 25.0. The largest absolute Gasteiger partial charge is 0.497 e. The van der Waals surface area contributed by atoms with Gasteiger partial charge in [0.25, 0.3) is 5.91 Å². The number of methoxy groups -OCH3 is 1. The Balaban J connectivity index is 1.46. The molecule has 3 amide bonds. The Kier molecular flexibility index (Phi) is 8.95. The number of aryl methyl sites for hydroxylation is 1. The number of ether oxygens (including phenoxy) is 2. The Bertz CT molecular complexity index is 1190. The van der Waals surface area contributed by atoms with Crippen LogP contribution in [0.2, 0.25) is 0 Å². The summed E-state index contributed by atoms with van der Waals surface area (Å²) in [5.74, 6) is -0.990. The average molecular weight is 475 g/mol. The maximum Gasteiger partial charge on any atom is 0.329 e. The first-order valence-corrected chi connectivity index (χ1v) is 10.9. The van der Waals surface area contributed by atoms with Crippen LogP contribution < -0.4 is 25.5 Å². The summed E-state index contributed by atoms with van der Waals surface area (Å²) >= 11 is 0. The lowest BCUT2D eigenvalue weighted by atomic mass is 10.1. The Labute approximate surface area is 203 Å². The van der Waals surface area contributed by atoms with Gasteiger partial charge in [0, 0.05) is 11.4 Å². The number of carbonyl (C=O) groups excluding carboxylic acids is 3. The Morgan fingerprint density at radius 3 is 2.23 bits per heavy atom. The molecule has 3 aromatic rings. The lowest BCUT2D eigenvalue weighted by molar-refractivity contribution is -0.136. The molecule has 3 aromatic carbocycles. The molecule has 0 fully saturated rings. The summed E-state index contributed by atoms with van der Waals surface area (Å²) in [7, 11) is 1.53. The Morgan fingerprint density at radius 2 is 1.54 bits per heavy atom. The third kappa shape index (κ3) is 8.01. The van der Waals surface area contributed by atoms with Crippen molar-refractivity contribution in [3.8, 4) is 11.5 Å². The average Bonchev–Trinajstić information content (AvgIpc) is 2.88. The molecule has 0 aliphatic heterocycles. The molecule has 0 heterocycles. The molecule has 0 aliphatic rings. The molecule has 35 heavy (non-hydrogen) atoms. The first-order valence-electron chi connectivity index (χ1n) is 10.9. The van der Waals surface area contributed by atoms with Gasteiger partial charge in [0.05, 0.1) is 13.3 Å². The number of amides is 3. The lowest BCUT2D eigenvalue weighted by Crippen LogP contribution is -2.32. The summed E-state index contributed by atoms with van der Waals surface area (Å²) in [6.07, 6.45) is 2.29. The predicted octanol–water partition coefficient (Wildman–Crippen LogP) is 3.36. The van der Waals surface area contributed by atoms with E-state index in [9.17, 15) is 14.4 Å². The SMILES string of the molecule is CCc1ccc(NC(=O)COc2cccc(/C=N\NC(=O)C(=O)Nc3ccc(OC)cc3)c2)cc1. The van der Waals surface area contributed by atoms with Crippen molar-refractivity contribution < 1.29 is 23.9 Å². The van der Waals surface area contributed by atoms with Crippen molar-refractivity contribution in [1.29, 1.82) is 0 Å². The number of benzene rings is 3. The van der Waals surface area contributed by atoms with E-state index in [2.05, 4.69) is 28.1 Å². The van der Waals surface area contributed by atoms with E-state index in [0.717, 1.165) is 6.42 Å². The first kappa shape index (κ1) is 25.0. The highest BCUT2D eigenvalue weighted by Crippen LogP contribution is 2.15. The molecule has 3 rings (SSSR count). The molecule has 0 spiro atoms. The molecule has 0 saturated carbocycles. The van der Waals surface area contributed by atoms with Crippen molar-refractivity contribution in [3.63, 3.8) is 0 Å². The normalized spacial score (nSPS) is 10.5. The standard InChI is InChI=1S/C26H26N4O5/c1-3-18-7-9-20(10-8-18)28-24(31)17-35-23-6-4-5-19(15-23)16-27-30-26(33)25(32)29-21-11-13-22(34-2)14-12-21/h4-16H,3,17H2,1-2H3,(H,28,31)(H,29,32)(H,30,33)/b27-16-. The zero-order valence-corrected chi connectivity index (χ0v) is 19.4. The number of hydrazone groups is 1. The molecule has 0 atom stereocenters. The fraction of sp³-hybridized carbons (Fsp3) is 0.154. The number of carbonyl (C=O) groups is 3. The molecular weight excluding hydrogens is 448 g/mol. The second-order valence-corrected chi connectivity index (χ2v) is 7.34. The molecule has 0 unspecified atom stereocenters. The van der Waals surface area contributed by atoms with E-state index in [1.165, 1.54) is 18.9 Å². The highest BCUT2D eigenvalue weighted by Gasteiger charge is 2.12. The molecular formula is C26H26N4O5. The molecule has 3 N–H and O–H groups in total. The number of hydrogen-bond acceptors (Lipinski definition) is 6. The fourth-order valence-corrected chi connectivity index (χ4v) is 2.93. The topological polar surface area (TPSA) is 118 Å². The molecule has 0 aromatic heterocycles. The number of nitrogens with one attached hydrogen (secondary N) is 3.